The van der Waals surface area contributed by atoms with Crippen LogP contribution in [0.15, 0.2) is 42.7 Å². The summed E-state index contributed by atoms with van der Waals surface area (Å²) >= 11 is 0. The topological polar surface area (TPSA) is 56.1 Å². The van der Waals surface area contributed by atoms with Gasteiger partial charge in [0.2, 0.25) is 0 Å². The SMILES string of the molecule is C[Si](C)(C)CCOCn1ccc2c(Cc3ccc(NC(=O)C(F)(F)F)cc3F)ccnc21. The molecule has 0 unspecified atom stereocenters. The lowest BCUT2D eigenvalue weighted by atomic mass is 10.0. The second-order valence-electron chi connectivity index (χ2n) is 8.78. The molecule has 0 saturated carbocycles. The molecular weight excluding hydrogens is 442 g/mol. The average molecular weight is 468 g/mol. The Morgan fingerprint density at radius 2 is 1.91 bits per heavy atom. The number of nitrogens with one attached hydrogen (secondary N) is 1. The van der Waals surface area contributed by atoms with Gasteiger partial charge in [-0.15, -0.1) is 0 Å². The third-order valence-corrected chi connectivity index (χ3v) is 6.63. The normalized spacial score (nSPS) is 12.3. The van der Waals surface area contributed by atoms with Gasteiger partial charge in [-0.05, 0) is 41.4 Å². The van der Waals surface area contributed by atoms with Crippen molar-refractivity contribution in [3.05, 3.63) is 59.7 Å². The van der Waals surface area contributed by atoms with Gasteiger partial charge in [0.25, 0.3) is 0 Å². The van der Waals surface area contributed by atoms with Crippen molar-refractivity contribution in [2.24, 2.45) is 0 Å². The van der Waals surface area contributed by atoms with Gasteiger partial charge >= 0.3 is 12.1 Å². The molecule has 0 radical (unpaired) electrons. The fraction of sp³-hybridized carbons (Fsp3) is 0.364. The largest absolute Gasteiger partial charge is 0.471 e. The van der Waals surface area contributed by atoms with Gasteiger partial charge in [0.15, 0.2) is 0 Å². The molecule has 5 nitrogen and oxygen atoms in total. The molecule has 10 heteroatoms. The van der Waals surface area contributed by atoms with Crippen LogP contribution in [0.3, 0.4) is 0 Å². The summed E-state index contributed by atoms with van der Waals surface area (Å²) in [4.78, 5) is 15.4. The Hall–Kier alpha value is -2.72. The Labute approximate surface area is 184 Å². The molecule has 2 aromatic heterocycles. The third kappa shape index (κ3) is 6.16. The lowest BCUT2D eigenvalue weighted by Crippen LogP contribution is -2.29. The highest BCUT2D eigenvalue weighted by Gasteiger charge is 2.38. The van der Waals surface area contributed by atoms with E-state index in [-0.39, 0.29) is 12.1 Å². The van der Waals surface area contributed by atoms with Gasteiger partial charge in [-0.3, -0.25) is 4.79 Å². The zero-order chi connectivity index (χ0) is 23.5. The molecule has 1 aromatic carbocycles. The number of carbonyl (C=O) groups excluding carboxylic acids is 1. The summed E-state index contributed by atoms with van der Waals surface area (Å²) in [6, 6.07) is 8.22. The number of carbonyl (C=O) groups is 1. The second-order valence-corrected chi connectivity index (χ2v) is 14.4. The zero-order valence-corrected chi connectivity index (χ0v) is 19.1. The highest BCUT2D eigenvalue weighted by molar-refractivity contribution is 6.76. The number of benzene rings is 1. The summed E-state index contributed by atoms with van der Waals surface area (Å²) < 4.78 is 59.3. The molecule has 0 fully saturated rings. The average Bonchev–Trinajstić information content (AvgIpc) is 3.10. The van der Waals surface area contributed by atoms with E-state index in [0.717, 1.165) is 23.1 Å². The first kappa shape index (κ1) is 23.9. The molecule has 0 aliphatic rings. The van der Waals surface area contributed by atoms with Crippen LogP contribution in [0.1, 0.15) is 11.1 Å². The monoisotopic (exact) mass is 467 g/mol. The lowest BCUT2D eigenvalue weighted by Gasteiger charge is -2.15. The minimum Gasteiger partial charge on any atom is -0.361 e. The zero-order valence-electron chi connectivity index (χ0n) is 18.1. The first-order valence-electron chi connectivity index (χ1n) is 10.1. The van der Waals surface area contributed by atoms with Crippen LogP contribution in [0.5, 0.6) is 0 Å². The number of aromatic nitrogens is 2. The molecule has 1 N–H and O–H groups in total. The molecule has 0 aliphatic heterocycles. The predicted octanol–water partition coefficient (Wildman–Crippen LogP) is 5.58. The highest BCUT2D eigenvalue weighted by Crippen LogP contribution is 2.25. The number of halogens is 4. The summed E-state index contributed by atoms with van der Waals surface area (Å²) in [5, 5.41) is 2.49. The van der Waals surface area contributed by atoms with Gasteiger partial charge in [-0.1, -0.05) is 25.7 Å². The Balaban J connectivity index is 1.72. The molecule has 172 valence electrons. The Bertz CT molecular complexity index is 1110. The van der Waals surface area contributed by atoms with E-state index in [9.17, 15) is 22.4 Å². The minimum atomic E-state index is -5.04. The van der Waals surface area contributed by atoms with Crippen molar-refractivity contribution in [3.8, 4) is 0 Å². The molecule has 3 rings (SSSR count). The number of pyridine rings is 1. The minimum absolute atomic E-state index is 0.221. The van der Waals surface area contributed by atoms with Crippen LogP contribution in [0.4, 0.5) is 23.2 Å². The van der Waals surface area contributed by atoms with Crippen LogP contribution in [0.25, 0.3) is 11.0 Å². The van der Waals surface area contributed by atoms with E-state index in [2.05, 4.69) is 24.6 Å². The van der Waals surface area contributed by atoms with Crippen LogP contribution in [0.2, 0.25) is 25.7 Å². The molecule has 3 aromatic rings. The number of alkyl halides is 3. The van der Waals surface area contributed by atoms with Crippen LogP contribution in [0, 0.1) is 5.82 Å². The molecule has 0 saturated heterocycles. The first-order chi connectivity index (χ1) is 14.9. The first-order valence-corrected chi connectivity index (χ1v) is 13.8. The molecular formula is C22H25F4N3O2Si. The number of anilines is 1. The second kappa shape index (κ2) is 9.41. The molecule has 0 atom stereocenters. The number of nitrogens with zero attached hydrogens (tertiary/aromatic N) is 2. The number of hydrogen-bond acceptors (Lipinski definition) is 3. The number of ether oxygens (including phenoxy) is 1. The summed E-state index contributed by atoms with van der Waals surface area (Å²) in [5.41, 5.74) is 1.57. The van der Waals surface area contributed by atoms with Crippen molar-refractivity contribution < 1.29 is 27.1 Å². The van der Waals surface area contributed by atoms with Gasteiger partial charge in [0.1, 0.15) is 18.2 Å². The highest BCUT2D eigenvalue weighted by atomic mass is 28.3. The molecule has 32 heavy (non-hydrogen) atoms. The van der Waals surface area contributed by atoms with E-state index in [1.165, 1.54) is 12.1 Å². The summed E-state index contributed by atoms with van der Waals surface area (Å²) in [6.07, 6.45) is -1.32. The van der Waals surface area contributed by atoms with E-state index < -0.39 is 26.0 Å². The fourth-order valence-electron chi connectivity index (χ4n) is 3.12. The standard InChI is InChI=1S/C22H25F4N3O2Si/c1-32(2,3)11-10-31-14-29-9-7-18-15(6-8-27-20(18)29)12-16-4-5-17(13-19(16)23)28-21(30)22(24,25)26/h4-9,13H,10-12,14H2,1-3H3,(H,28,30). The van der Waals surface area contributed by atoms with Crippen molar-refractivity contribution >= 4 is 30.7 Å². The smallest absolute Gasteiger partial charge is 0.361 e. The molecule has 1 amide bonds. The van der Waals surface area contributed by atoms with Crippen LogP contribution < -0.4 is 5.32 Å². The van der Waals surface area contributed by atoms with Crippen molar-refractivity contribution in [2.45, 2.75) is 45.0 Å². The maximum atomic E-state index is 14.5. The van der Waals surface area contributed by atoms with E-state index in [1.807, 2.05) is 16.8 Å². The molecule has 0 aliphatic carbocycles. The number of hydrogen-bond donors (Lipinski definition) is 1. The lowest BCUT2D eigenvalue weighted by molar-refractivity contribution is -0.167. The van der Waals surface area contributed by atoms with Gasteiger partial charge in [0.05, 0.1) is 0 Å². The van der Waals surface area contributed by atoms with Gasteiger partial charge in [0, 0.05) is 44.6 Å². The molecule has 2 heterocycles. The summed E-state index contributed by atoms with van der Waals surface area (Å²) in [6.45, 7) is 7.89. The summed E-state index contributed by atoms with van der Waals surface area (Å²) in [7, 11) is -1.18. The third-order valence-electron chi connectivity index (χ3n) is 4.93. The maximum Gasteiger partial charge on any atom is 0.471 e. The molecule has 0 bridgehead atoms. The van der Waals surface area contributed by atoms with Crippen molar-refractivity contribution in [1.29, 1.82) is 0 Å². The van der Waals surface area contributed by atoms with Crippen LogP contribution in [-0.4, -0.2) is 36.3 Å². The van der Waals surface area contributed by atoms with Crippen LogP contribution in [-0.2, 0) is 22.7 Å². The Kier molecular flexibility index (Phi) is 7.04. The van der Waals surface area contributed by atoms with Gasteiger partial charge in [-0.25, -0.2) is 9.37 Å². The maximum absolute atomic E-state index is 14.5. The van der Waals surface area contributed by atoms with E-state index in [4.69, 9.17) is 4.74 Å². The van der Waals surface area contributed by atoms with E-state index >= 15 is 0 Å². The quantitative estimate of drug-likeness (QED) is 0.267. The molecule has 0 spiro atoms. The fourth-order valence-corrected chi connectivity index (χ4v) is 3.88. The number of rotatable bonds is 8. The van der Waals surface area contributed by atoms with Crippen molar-refractivity contribution in [3.63, 3.8) is 0 Å². The van der Waals surface area contributed by atoms with Crippen molar-refractivity contribution in [1.82, 2.24) is 9.55 Å². The van der Waals surface area contributed by atoms with Crippen molar-refractivity contribution in [2.75, 3.05) is 11.9 Å². The van der Waals surface area contributed by atoms with E-state index in [1.54, 1.807) is 17.6 Å². The van der Waals surface area contributed by atoms with E-state index in [0.29, 0.717) is 24.5 Å². The Morgan fingerprint density at radius 1 is 1.16 bits per heavy atom. The van der Waals surface area contributed by atoms with Gasteiger partial charge < -0.3 is 14.6 Å². The predicted molar refractivity (Wildman–Crippen MR) is 118 cm³/mol. The number of amides is 1. The number of fused-ring (bicyclic) bond motifs is 1. The Morgan fingerprint density at radius 3 is 2.56 bits per heavy atom. The van der Waals surface area contributed by atoms with Crippen LogP contribution >= 0.6 is 0 Å². The van der Waals surface area contributed by atoms with Gasteiger partial charge in [-0.2, -0.15) is 13.2 Å². The summed E-state index contributed by atoms with van der Waals surface area (Å²) in [5.74, 6) is -2.85.